The van der Waals surface area contributed by atoms with Gasteiger partial charge in [-0.05, 0) is 42.1 Å². The number of hydrogen-bond acceptors (Lipinski definition) is 4. The average molecular weight is 333 g/mol. The Bertz CT molecular complexity index is 613. The van der Waals surface area contributed by atoms with E-state index in [1.807, 2.05) is 6.07 Å². The molecule has 4 heteroatoms. The minimum Gasteiger partial charge on any atom is -0.493 e. The van der Waals surface area contributed by atoms with E-state index in [0.717, 1.165) is 23.8 Å². The van der Waals surface area contributed by atoms with E-state index in [0.29, 0.717) is 28.4 Å². The topological polar surface area (TPSA) is 39.7 Å². The molecule has 3 rings (SSSR count). The second-order valence-electron chi connectivity index (χ2n) is 8.04. The Morgan fingerprint density at radius 2 is 1.75 bits per heavy atom. The minimum atomic E-state index is 0.376. The highest BCUT2D eigenvalue weighted by molar-refractivity contribution is 5.55. The van der Waals surface area contributed by atoms with Gasteiger partial charge in [0, 0.05) is 18.2 Å². The fraction of sp³-hybridized carbons (Fsp3) is 0.700. The number of hydrogen-bond donors (Lipinski definition) is 1. The Hall–Kier alpha value is -1.42. The normalized spacial score (nSPS) is 30.4. The summed E-state index contributed by atoms with van der Waals surface area (Å²) in [6, 6.07) is 4.57. The lowest BCUT2D eigenvalue weighted by atomic mass is 9.69. The summed E-state index contributed by atoms with van der Waals surface area (Å²) in [5.74, 6) is 2.97. The lowest BCUT2D eigenvalue weighted by Crippen LogP contribution is -2.44. The van der Waals surface area contributed by atoms with Crippen LogP contribution in [0, 0.1) is 16.7 Å². The van der Waals surface area contributed by atoms with Crippen molar-refractivity contribution in [3.05, 3.63) is 17.7 Å². The van der Waals surface area contributed by atoms with Crippen molar-refractivity contribution in [1.82, 2.24) is 5.32 Å². The molecule has 0 aromatic heterocycles. The van der Waals surface area contributed by atoms with Crippen LogP contribution in [0.15, 0.2) is 12.1 Å². The number of nitrogens with one attached hydrogen (secondary N) is 1. The van der Waals surface area contributed by atoms with Crippen molar-refractivity contribution < 1.29 is 14.2 Å². The fourth-order valence-electron chi connectivity index (χ4n) is 5.05. The maximum Gasteiger partial charge on any atom is 0.203 e. The first-order chi connectivity index (χ1) is 11.4. The Balaban J connectivity index is 1.79. The van der Waals surface area contributed by atoms with Gasteiger partial charge in [-0.25, -0.2) is 0 Å². The van der Waals surface area contributed by atoms with Gasteiger partial charge < -0.3 is 19.5 Å². The molecule has 2 aliphatic carbocycles. The van der Waals surface area contributed by atoms with Crippen LogP contribution in [0.3, 0.4) is 0 Å². The molecule has 3 unspecified atom stereocenters. The summed E-state index contributed by atoms with van der Waals surface area (Å²) in [7, 11) is 4.98. The third kappa shape index (κ3) is 2.38. The van der Waals surface area contributed by atoms with Gasteiger partial charge in [0.2, 0.25) is 5.75 Å². The van der Waals surface area contributed by atoms with Gasteiger partial charge in [0.05, 0.1) is 21.3 Å². The van der Waals surface area contributed by atoms with Crippen LogP contribution in [0.25, 0.3) is 0 Å². The number of fused-ring (bicyclic) bond motifs is 2. The molecular weight excluding hydrogens is 302 g/mol. The molecule has 0 radical (unpaired) electrons. The molecule has 2 bridgehead atoms. The van der Waals surface area contributed by atoms with Crippen LogP contribution >= 0.6 is 0 Å². The van der Waals surface area contributed by atoms with E-state index in [-0.39, 0.29) is 0 Å². The number of rotatable bonds is 6. The van der Waals surface area contributed by atoms with Crippen LogP contribution in [-0.4, -0.2) is 27.4 Å². The molecule has 4 nitrogen and oxygen atoms in total. The molecule has 0 aliphatic heterocycles. The number of methoxy groups -OCH3 is 3. The van der Waals surface area contributed by atoms with Gasteiger partial charge in [0.25, 0.3) is 0 Å². The average Bonchev–Trinajstić information content (AvgIpc) is 2.91. The number of ether oxygens (including phenoxy) is 3. The third-order valence-corrected chi connectivity index (χ3v) is 7.12. The van der Waals surface area contributed by atoms with Crippen molar-refractivity contribution in [3.8, 4) is 17.2 Å². The maximum atomic E-state index is 5.61. The summed E-state index contributed by atoms with van der Waals surface area (Å²) in [4.78, 5) is 0. The van der Waals surface area contributed by atoms with Gasteiger partial charge in [-0.2, -0.15) is 0 Å². The molecule has 2 saturated carbocycles. The zero-order valence-electron chi connectivity index (χ0n) is 15.9. The molecule has 24 heavy (non-hydrogen) atoms. The van der Waals surface area contributed by atoms with Crippen molar-refractivity contribution >= 4 is 0 Å². The molecule has 2 fully saturated rings. The third-order valence-electron chi connectivity index (χ3n) is 7.12. The van der Waals surface area contributed by atoms with Crippen molar-refractivity contribution in [3.63, 3.8) is 0 Å². The quantitative estimate of drug-likeness (QED) is 0.853. The Morgan fingerprint density at radius 1 is 1.04 bits per heavy atom. The van der Waals surface area contributed by atoms with E-state index in [4.69, 9.17) is 14.2 Å². The predicted molar refractivity (Wildman–Crippen MR) is 96.0 cm³/mol. The molecule has 2 aliphatic rings. The van der Waals surface area contributed by atoms with Crippen LogP contribution in [-0.2, 0) is 6.54 Å². The van der Waals surface area contributed by atoms with Crippen LogP contribution in [0.5, 0.6) is 17.2 Å². The van der Waals surface area contributed by atoms with Crippen molar-refractivity contribution in [2.45, 2.75) is 52.6 Å². The van der Waals surface area contributed by atoms with Gasteiger partial charge in [0.1, 0.15) is 0 Å². The second-order valence-corrected chi connectivity index (χ2v) is 8.04. The molecule has 3 atom stereocenters. The summed E-state index contributed by atoms with van der Waals surface area (Å²) in [6.45, 7) is 8.14. The van der Waals surface area contributed by atoms with Crippen molar-refractivity contribution in [2.24, 2.45) is 16.7 Å². The fourth-order valence-corrected chi connectivity index (χ4v) is 5.05. The van der Waals surface area contributed by atoms with Gasteiger partial charge >= 0.3 is 0 Å². The van der Waals surface area contributed by atoms with E-state index >= 15 is 0 Å². The van der Waals surface area contributed by atoms with E-state index in [1.54, 1.807) is 21.3 Å². The molecule has 1 aromatic rings. The molecule has 134 valence electrons. The van der Waals surface area contributed by atoms with Crippen LogP contribution in [0.4, 0.5) is 0 Å². The zero-order valence-corrected chi connectivity index (χ0v) is 15.9. The SMILES string of the molecule is COc1ccc(CNC2CC3CCC2(C)C3(C)C)c(OC)c1OC. The monoisotopic (exact) mass is 333 g/mol. The summed E-state index contributed by atoms with van der Waals surface area (Å²) in [6.07, 6.45) is 3.98. The molecule has 0 heterocycles. The van der Waals surface area contributed by atoms with E-state index in [9.17, 15) is 0 Å². The van der Waals surface area contributed by atoms with Crippen LogP contribution < -0.4 is 19.5 Å². The smallest absolute Gasteiger partial charge is 0.203 e. The molecule has 0 spiro atoms. The first-order valence-electron chi connectivity index (χ1n) is 8.90. The maximum absolute atomic E-state index is 5.61. The van der Waals surface area contributed by atoms with Crippen molar-refractivity contribution in [2.75, 3.05) is 21.3 Å². The highest BCUT2D eigenvalue weighted by atomic mass is 16.5. The Kier molecular flexibility index (Phi) is 4.45. The molecular formula is C20H31NO3. The van der Waals surface area contributed by atoms with Crippen molar-refractivity contribution in [1.29, 1.82) is 0 Å². The predicted octanol–water partition coefficient (Wildman–Crippen LogP) is 4.02. The number of benzene rings is 1. The van der Waals surface area contributed by atoms with Gasteiger partial charge in [-0.1, -0.05) is 26.8 Å². The Morgan fingerprint density at radius 3 is 2.25 bits per heavy atom. The summed E-state index contributed by atoms with van der Waals surface area (Å²) < 4.78 is 16.5. The summed E-state index contributed by atoms with van der Waals surface area (Å²) in [5, 5.41) is 3.81. The molecule has 1 N–H and O–H groups in total. The summed E-state index contributed by atoms with van der Waals surface area (Å²) in [5.41, 5.74) is 1.91. The second kappa shape index (κ2) is 6.14. The Labute approximate surface area is 145 Å². The lowest BCUT2D eigenvalue weighted by Gasteiger charge is -2.39. The first-order valence-corrected chi connectivity index (χ1v) is 8.90. The van der Waals surface area contributed by atoms with E-state index in [1.165, 1.54) is 19.3 Å². The van der Waals surface area contributed by atoms with E-state index < -0.39 is 0 Å². The molecule has 0 saturated heterocycles. The highest BCUT2D eigenvalue weighted by Gasteiger charge is 2.60. The van der Waals surface area contributed by atoms with Gasteiger partial charge in [0.15, 0.2) is 11.5 Å². The van der Waals surface area contributed by atoms with E-state index in [2.05, 4.69) is 32.2 Å². The molecule has 1 aromatic carbocycles. The zero-order chi connectivity index (χ0) is 17.5. The highest BCUT2D eigenvalue weighted by Crippen LogP contribution is 2.65. The van der Waals surface area contributed by atoms with Gasteiger partial charge in [-0.15, -0.1) is 0 Å². The minimum absolute atomic E-state index is 0.376. The van der Waals surface area contributed by atoms with Gasteiger partial charge in [-0.3, -0.25) is 0 Å². The summed E-state index contributed by atoms with van der Waals surface area (Å²) >= 11 is 0. The lowest BCUT2D eigenvalue weighted by molar-refractivity contribution is 0.120. The van der Waals surface area contributed by atoms with Crippen LogP contribution in [0.2, 0.25) is 0 Å². The largest absolute Gasteiger partial charge is 0.493 e. The first kappa shape index (κ1) is 17.4. The standard InChI is InChI=1S/C20H31NO3/c1-19(2)14-9-10-20(19,3)16(11-14)21-12-13-7-8-15(22-4)18(24-6)17(13)23-5/h7-8,14,16,21H,9-12H2,1-6H3. The van der Waals surface area contributed by atoms with Crippen LogP contribution in [0.1, 0.15) is 45.6 Å². The molecule has 0 amide bonds.